The van der Waals surface area contributed by atoms with Crippen LogP contribution in [-0.4, -0.2) is 35.0 Å². The van der Waals surface area contributed by atoms with Gasteiger partial charge in [-0.05, 0) is 0 Å². The van der Waals surface area contributed by atoms with Gasteiger partial charge < -0.3 is 15.2 Å². The highest BCUT2D eigenvalue weighted by Crippen LogP contribution is 1.87. The van der Waals surface area contributed by atoms with Crippen molar-refractivity contribution in [1.29, 1.82) is 0 Å². The monoisotopic (exact) mass is 168 g/mol. The maximum atomic E-state index is 11.0. The number of rotatable bonds is 2. The first-order valence-electron chi connectivity index (χ1n) is 3.63. The highest BCUT2D eigenvalue weighted by atomic mass is 16.2. The van der Waals surface area contributed by atoms with Crippen LogP contribution in [-0.2, 0) is 6.54 Å². The van der Waals surface area contributed by atoms with Gasteiger partial charge in [0.2, 0.25) is 0 Å². The molecule has 0 bridgehead atoms. The van der Waals surface area contributed by atoms with Gasteiger partial charge in [0.1, 0.15) is 5.82 Å². The maximum Gasteiger partial charge on any atom is 0.317 e. The average molecular weight is 168 g/mol. The number of hydrogen-bond donors (Lipinski definition) is 2. The minimum Gasteiger partial charge on any atom is -0.347 e. The second kappa shape index (κ2) is 3.75. The molecule has 0 aliphatic rings. The molecule has 0 saturated heterocycles. The fourth-order valence-electron chi connectivity index (χ4n) is 0.712. The van der Waals surface area contributed by atoms with Gasteiger partial charge in [0.15, 0.2) is 0 Å². The fraction of sp³-hybridized carbons (Fsp3) is 0.429. The van der Waals surface area contributed by atoms with Crippen molar-refractivity contribution in [1.82, 2.24) is 20.2 Å². The number of aromatic amines is 1. The molecule has 0 atom stereocenters. The molecular weight excluding hydrogens is 156 g/mol. The molecule has 0 aromatic carbocycles. The number of urea groups is 1. The Morgan fingerprint density at radius 3 is 3.00 bits per heavy atom. The quantitative estimate of drug-likeness (QED) is 0.661. The summed E-state index contributed by atoms with van der Waals surface area (Å²) in [5.74, 6) is 0.755. The van der Waals surface area contributed by atoms with E-state index >= 15 is 0 Å². The van der Waals surface area contributed by atoms with Crippen molar-refractivity contribution in [3.8, 4) is 0 Å². The summed E-state index contributed by atoms with van der Waals surface area (Å²) in [6.45, 7) is 0.435. The van der Waals surface area contributed by atoms with Crippen molar-refractivity contribution in [2.24, 2.45) is 0 Å². The zero-order valence-electron chi connectivity index (χ0n) is 7.16. The van der Waals surface area contributed by atoms with E-state index in [-0.39, 0.29) is 6.03 Å². The average Bonchev–Trinajstić information content (AvgIpc) is 2.51. The first kappa shape index (κ1) is 8.58. The van der Waals surface area contributed by atoms with Crippen molar-refractivity contribution in [2.75, 3.05) is 14.1 Å². The summed E-state index contributed by atoms with van der Waals surface area (Å²) in [7, 11) is 3.38. The molecule has 12 heavy (non-hydrogen) atoms. The Labute approximate surface area is 70.8 Å². The maximum absolute atomic E-state index is 11.0. The third-order valence-electron chi connectivity index (χ3n) is 1.37. The molecule has 2 N–H and O–H groups in total. The standard InChI is InChI=1S/C7H12N4O/c1-11(2)7(12)10-5-6-8-3-4-9-6/h3-4H,5H2,1-2H3,(H,8,9)(H,10,12). The molecule has 0 saturated carbocycles. The molecule has 2 amide bonds. The van der Waals surface area contributed by atoms with Gasteiger partial charge in [-0.2, -0.15) is 0 Å². The highest BCUT2D eigenvalue weighted by Gasteiger charge is 2.02. The van der Waals surface area contributed by atoms with Crippen molar-refractivity contribution < 1.29 is 4.79 Å². The lowest BCUT2D eigenvalue weighted by Gasteiger charge is -2.10. The summed E-state index contributed by atoms with van der Waals surface area (Å²) in [6.07, 6.45) is 3.37. The third kappa shape index (κ3) is 2.26. The number of aromatic nitrogens is 2. The van der Waals surface area contributed by atoms with Crippen LogP contribution in [0.25, 0.3) is 0 Å². The molecule has 1 aromatic heterocycles. The number of amides is 2. The first-order valence-corrected chi connectivity index (χ1v) is 3.63. The summed E-state index contributed by atoms with van der Waals surface area (Å²) >= 11 is 0. The Morgan fingerprint density at radius 1 is 1.75 bits per heavy atom. The van der Waals surface area contributed by atoms with E-state index < -0.39 is 0 Å². The van der Waals surface area contributed by atoms with Crippen LogP contribution in [0.3, 0.4) is 0 Å². The Kier molecular flexibility index (Phi) is 2.68. The molecule has 0 spiro atoms. The number of nitrogens with zero attached hydrogens (tertiary/aromatic N) is 2. The lowest BCUT2D eigenvalue weighted by Crippen LogP contribution is -2.34. The van der Waals surface area contributed by atoms with Gasteiger partial charge in [-0.3, -0.25) is 0 Å². The molecule has 5 nitrogen and oxygen atoms in total. The Morgan fingerprint density at radius 2 is 2.50 bits per heavy atom. The second-order valence-corrected chi connectivity index (χ2v) is 2.59. The van der Waals surface area contributed by atoms with Crippen LogP contribution in [0.5, 0.6) is 0 Å². The number of carbonyl (C=O) groups is 1. The van der Waals surface area contributed by atoms with Gasteiger partial charge in [0, 0.05) is 26.5 Å². The summed E-state index contributed by atoms with van der Waals surface area (Å²) in [4.78, 5) is 19.3. The summed E-state index contributed by atoms with van der Waals surface area (Å²) in [6, 6.07) is -0.119. The van der Waals surface area contributed by atoms with Crippen LogP contribution >= 0.6 is 0 Å². The number of imidazole rings is 1. The molecule has 1 aromatic rings. The van der Waals surface area contributed by atoms with Gasteiger partial charge in [-0.1, -0.05) is 0 Å². The molecule has 0 aliphatic heterocycles. The number of carbonyl (C=O) groups excluding carboxylic acids is 1. The molecule has 5 heteroatoms. The van der Waals surface area contributed by atoms with E-state index in [0.717, 1.165) is 5.82 Å². The van der Waals surface area contributed by atoms with Crippen molar-refractivity contribution >= 4 is 6.03 Å². The number of nitrogens with one attached hydrogen (secondary N) is 2. The normalized spacial score (nSPS) is 9.50. The molecule has 1 heterocycles. The van der Waals surface area contributed by atoms with E-state index in [1.807, 2.05) is 0 Å². The van der Waals surface area contributed by atoms with Crippen LogP contribution in [0.2, 0.25) is 0 Å². The van der Waals surface area contributed by atoms with Gasteiger partial charge in [0.05, 0.1) is 6.54 Å². The predicted octanol–water partition coefficient (Wildman–Crippen LogP) is 0.181. The smallest absolute Gasteiger partial charge is 0.317 e. The Hall–Kier alpha value is -1.52. The van der Waals surface area contributed by atoms with Crippen LogP contribution in [0.1, 0.15) is 5.82 Å². The fourth-order valence-corrected chi connectivity index (χ4v) is 0.712. The van der Waals surface area contributed by atoms with Crippen molar-refractivity contribution in [3.63, 3.8) is 0 Å². The number of H-pyrrole nitrogens is 1. The Balaban J connectivity index is 2.32. The number of hydrogen-bond acceptors (Lipinski definition) is 2. The zero-order chi connectivity index (χ0) is 8.97. The SMILES string of the molecule is CN(C)C(=O)NCc1ncc[nH]1. The van der Waals surface area contributed by atoms with Gasteiger partial charge >= 0.3 is 6.03 Å². The minimum atomic E-state index is -0.119. The van der Waals surface area contributed by atoms with E-state index in [2.05, 4.69) is 15.3 Å². The largest absolute Gasteiger partial charge is 0.347 e. The molecule has 0 aliphatic carbocycles. The van der Waals surface area contributed by atoms with E-state index in [0.29, 0.717) is 6.54 Å². The van der Waals surface area contributed by atoms with Gasteiger partial charge in [0.25, 0.3) is 0 Å². The Bertz CT molecular complexity index is 242. The van der Waals surface area contributed by atoms with Crippen molar-refractivity contribution in [3.05, 3.63) is 18.2 Å². The van der Waals surface area contributed by atoms with Crippen LogP contribution < -0.4 is 5.32 Å². The van der Waals surface area contributed by atoms with E-state index in [1.165, 1.54) is 4.90 Å². The van der Waals surface area contributed by atoms with Gasteiger partial charge in [-0.25, -0.2) is 9.78 Å². The lowest BCUT2D eigenvalue weighted by atomic mass is 10.6. The molecule has 0 fully saturated rings. The van der Waals surface area contributed by atoms with Crippen molar-refractivity contribution in [2.45, 2.75) is 6.54 Å². The first-order chi connectivity index (χ1) is 5.70. The molecule has 1 rings (SSSR count). The summed E-state index contributed by atoms with van der Waals surface area (Å²) < 4.78 is 0. The molecule has 0 radical (unpaired) electrons. The predicted molar refractivity (Wildman–Crippen MR) is 44.5 cm³/mol. The summed E-state index contributed by atoms with van der Waals surface area (Å²) in [5, 5.41) is 2.68. The van der Waals surface area contributed by atoms with E-state index in [9.17, 15) is 4.79 Å². The lowest BCUT2D eigenvalue weighted by molar-refractivity contribution is 0.216. The highest BCUT2D eigenvalue weighted by molar-refractivity contribution is 5.73. The minimum absolute atomic E-state index is 0.119. The third-order valence-corrected chi connectivity index (χ3v) is 1.37. The molecule has 66 valence electrons. The van der Waals surface area contributed by atoms with Gasteiger partial charge in [-0.15, -0.1) is 0 Å². The van der Waals surface area contributed by atoms with E-state index in [4.69, 9.17) is 0 Å². The van der Waals surface area contributed by atoms with Crippen LogP contribution in [0.4, 0.5) is 4.79 Å². The second-order valence-electron chi connectivity index (χ2n) is 2.59. The topological polar surface area (TPSA) is 61.0 Å². The summed E-state index contributed by atoms with van der Waals surface area (Å²) in [5.41, 5.74) is 0. The van der Waals surface area contributed by atoms with Crippen LogP contribution in [0.15, 0.2) is 12.4 Å². The zero-order valence-corrected chi connectivity index (χ0v) is 7.16. The van der Waals surface area contributed by atoms with E-state index in [1.54, 1.807) is 26.5 Å². The molecular formula is C7H12N4O. The van der Waals surface area contributed by atoms with Crippen LogP contribution in [0, 0.1) is 0 Å². The molecule has 0 unspecified atom stereocenters.